The number of aromatic amines is 1. The number of aromatic carboxylic acids is 1. The van der Waals surface area contributed by atoms with Gasteiger partial charge in [-0.1, -0.05) is 142 Å². The smallest absolute Gasteiger partial charge is 0.544 e. The molecule has 776 valence electrons. The number of phenolic OH excluding ortho intramolecular Hbond substituents is 1. The minimum Gasteiger partial charge on any atom is -0.544 e. The maximum atomic E-state index is 14.0. The van der Waals surface area contributed by atoms with Crippen LogP contribution in [0.25, 0.3) is 71.5 Å². The van der Waals surface area contributed by atoms with Crippen LogP contribution >= 0.6 is 150 Å². The Hall–Kier alpha value is -12.1. The number of phenols is 1. The number of anilines is 1. The number of aromatic hydroxyl groups is 1. The molecule has 0 atom stereocenters. The number of isothiocyanates is 1. The van der Waals surface area contributed by atoms with Crippen molar-refractivity contribution in [1.29, 1.82) is 0 Å². The first-order valence-electron chi connectivity index (χ1n) is 39.8. The third kappa shape index (κ3) is 40.7. The molecule has 148 heavy (non-hydrogen) atoms. The van der Waals surface area contributed by atoms with Gasteiger partial charge in [0.1, 0.15) is 11.5 Å². The van der Waals surface area contributed by atoms with E-state index in [1.54, 1.807) is 162 Å². The van der Waals surface area contributed by atoms with Crippen LogP contribution in [0.2, 0.25) is 20.1 Å². The van der Waals surface area contributed by atoms with Crippen molar-refractivity contribution in [2.45, 2.75) is 78.2 Å². The molecular weight excluding hydrogens is 2160 g/mol. The number of aromatic nitrogens is 7. The van der Waals surface area contributed by atoms with Crippen LogP contribution < -0.4 is 68.8 Å². The van der Waals surface area contributed by atoms with Crippen molar-refractivity contribution in [3.05, 3.63) is 329 Å². The van der Waals surface area contributed by atoms with Crippen LogP contribution in [0.3, 0.4) is 0 Å². The number of pyridine rings is 7. The Morgan fingerprint density at radius 1 is 0.500 bits per heavy atom. The fourth-order valence-electron chi connectivity index (χ4n) is 10.6. The van der Waals surface area contributed by atoms with Crippen molar-refractivity contribution < 1.29 is 109 Å². The molecule has 4 aromatic carbocycles. The standard InChI is InChI=1S/C16H12FN3O4S.C16H14FN3O2S.C10H9ClN2OS.C9H7NOS.C8H3Cl2NOS.C8H4ClNO2S.C7H4ClNS.C7H5NOS.C6H4FNO3.C4H9.C2H7N.7CH4.2Li/c1-19(2)16(21)14-8-11-15(25-14)13(5-6-18-11)24-12-4-3-9(20(22)23)7-10(12)17;1-20(2)16(21)14-8-11-15(23-14)13(5-6-19-11)22-12-4-3-9(18)7-10(12)17;1-13(2)10(14)8-5-7-9(15-8)6(11)3-4-12-7;11-9(10-7-12)6-8-4-2-1-3-5-8;9-4-1-2-11-5-3-6(8(10)12)13-7(4)5;9-4-1-2-10-5-3-6(8(11)12)13-7(4)5;8-5-1-3-9-6-2-4-10-7(5)6;9-6-1-3-8-5-2-4-10-7(5)6;7-5-3-4(8(10)11)1-2-6(5)9;1-3-4-2;1-3-2;;;;;;;;;/h3-8H,1-2H3;3-8H,18H2,1-2H3;3-5H,1-2H3;1-5H,6H2;1-3H;1-3H,(H,11,12);1-4H;1-4H,(H,8,9);1-3,9H;1,3-4H2,2H3;3H,1-2H3;7*1H4;;/q;;;;;;;;;-1;;;;;;;;;2*+1/p-1. The molecule has 14 heterocycles. The number of non-ortho nitro benzene ring substituents is 2. The first kappa shape index (κ1) is 138. The maximum absolute atomic E-state index is 14.0. The maximum Gasteiger partial charge on any atom is 1.00 e. The summed E-state index contributed by atoms with van der Waals surface area (Å²) < 4.78 is 57.0. The van der Waals surface area contributed by atoms with E-state index < -0.39 is 44.3 Å². The number of thiocarbonyl (C=S) groups is 1. The molecule has 14 aromatic heterocycles. The van der Waals surface area contributed by atoms with E-state index in [4.69, 9.17) is 78.3 Å². The van der Waals surface area contributed by atoms with Gasteiger partial charge < -0.3 is 62.1 Å². The van der Waals surface area contributed by atoms with E-state index in [-0.39, 0.29) is 147 Å². The number of carbonyl (C=O) groups is 6. The fraction of sp³-hybridized carbons (Fsp3) is 0.190. The zero-order valence-electron chi connectivity index (χ0n) is 76.1. The average molecular weight is 2260 g/mol. The SMILES string of the molecule is C.C.C.C.C.C.C.CN(C)C(=O)c1cc2nccc(Cl)c2s1.CN(C)C(=O)c1cc2nccc(Oc3ccc(N)cc3F)c2s1.CN(C)C(=O)c1cc2nccc(Oc3ccc([N+](=O)[O-])cc3F)c2s1.CNC.Clc1ccnc2ccsc12.O=C(Cc1ccccc1)N=C=S.O=C(Cl)c1cc2nccc(Cl)c2s1.O=C([O-])c1cc2nccc(Cl)c2s1.O=[N+]([O-])c1ccc(O)c(F)c1.O=c1cc[nH]c2ccsc12.[CH2-]CCC.[Li+].[Li+]. The van der Waals surface area contributed by atoms with Crippen LogP contribution in [-0.4, -0.2) is 161 Å². The molecule has 0 unspecified atom stereocenters. The number of unbranched alkanes of at least 4 members (excludes halogenated alkanes) is 1. The van der Waals surface area contributed by atoms with Gasteiger partial charge >= 0.3 is 37.7 Å². The average Bonchev–Trinajstić information content (AvgIpc) is 1.62. The Bertz CT molecular complexity index is 7420. The Labute approximate surface area is 936 Å². The summed E-state index contributed by atoms with van der Waals surface area (Å²) in [7, 11) is 13.8. The number of fused-ring (bicyclic) bond motifs is 7. The molecule has 4 amide bonds. The summed E-state index contributed by atoms with van der Waals surface area (Å²) in [6, 6.07) is 43.0. The number of amides is 4. The molecule has 18 aromatic rings. The van der Waals surface area contributed by atoms with E-state index in [1.807, 2.05) is 72.5 Å². The van der Waals surface area contributed by atoms with E-state index in [0.29, 0.717) is 100 Å². The van der Waals surface area contributed by atoms with Gasteiger partial charge in [-0.05, 0) is 145 Å². The molecule has 0 bridgehead atoms. The normalized spacial score (nSPS) is 9.55. The number of nitro benzene ring substituents is 2. The predicted molar refractivity (Wildman–Crippen MR) is 600 cm³/mol. The van der Waals surface area contributed by atoms with Gasteiger partial charge in [-0.25, -0.2) is 13.2 Å². The molecule has 0 aliphatic rings. The third-order valence-electron chi connectivity index (χ3n) is 17.1. The van der Waals surface area contributed by atoms with Gasteiger partial charge in [0.25, 0.3) is 40.2 Å². The Morgan fingerprint density at radius 3 is 1.24 bits per heavy atom. The minimum atomic E-state index is -1.20. The van der Waals surface area contributed by atoms with E-state index in [9.17, 15) is 72.1 Å². The molecule has 0 spiro atoms. The van der Waals surface area contributed by atoms with Gasteiger partial charge in [0.05, 0.1) is 156 Å². The summed E-state index contributed by atoms with van der Waals surface area (Å²) in [4.78, 5) is 136. The fourth-order valence-corrected chi connectivity index (χ4v) is 18.4. The molecule has 0 fully saturated rings. The van der Waals surface area contributed by atoms with E-state index in [2.05, 4.69) is 71.3 Å². The van der Waals surface area contributed by atoms with Crippen LogP contribution in [0, 0.1) is 44.6 Å². The Balaban J connectivity index is 0. The number of benzene rings is 4. The summed E-state index contributed by atoms with van der Waals surface area (Å²) in [6.45, 7) is 5.72. The van der Waals surface area contributed by atoms with Crippen molar-refractivity contribution in [2.24, 2.45) is 4.99 Å². The molecule has 0 radical (unpaired) electrons. The summed E-state index contributed by atoms with van der Waals surface area (Å²) >= 11 is 42.5. The number of nitrogens with zero attached hydrogens (tertiary/aromatic N) is 12. The summed E-state index contributed by atoms with van der Waals surface area (Å²) in [6.07, 6.45) is 13.8. The zero-order valence-corrected chi connectivity index (χ0v) is 86.4. The quantitative estimate of drug-likeness (QED) is 0.0115. The summed E-state index contributed by atoms with van der Waals surface area (Å²) in [5, 5.41) is 50.6. The van der Waals surface area contributed by atoms with Gasteiger partial charge in [0.15, 0.2) is 40.1 Å². The van der Waals surface area contributed by atoms with Gasteiger partial charge in [-0.3, -0.25) is 78.9 Å². The van der Waals surface area contributed by atoms with Crippen LogP contribution in [0.1, 0.15) is 126 Å². The Kier molecular flexibility index (Phi) is 63.8. The molecule has 30 nitrogen and oxygen atoms in total. The number of nitrogens with two attached hydrogens (primary N) is 1. The van der Waals surface area contributed by atoms with Crippen molar-refractivity contribution in [3.63, 3.8) is 0 Å². The molecule has 0 aliphatic carbocycles. The number of carboxylic acids is 1. The van der Waals surface area contributed by atoms with Crippen LogP contribution in [0.4, 0.5) is 30.2 Å². The van der Waals surface area contributed by atoms with E-state index >= 15 is 0 Å². The molecule has 18 rings (SSSR count). The number of nitrogen functional groups attached to an aromatic ring is 1. The number of ether oxygens (including phenoxy) is 2. The number of aliphatic imine (C=N–C) groups is 1. The van der Waals surface area contributed by atoms with Crippen molar-refractivity contribution >= 4 is 278 Å². The van der Waals surface area contributed by atoms with Gasteiger partial charge in [0.2, 0.25) is 0 Å². The van der Waals surface area contributed by atoms with Crippen LogP contribution in [0.15, 0.2) is 234 Å². The first-order valence-corrected chi connectivity index (χ1v) is 47.9. The predicted octanol–water partition coefficient (Wildman–Crippen LogP) is 22.4. The van der Waals surface area contributed by atoms with Gasteiger partial charge in [-0.2, -0.15) is 11.4 Å². The van der Waals surface area contributed by atoms with Gasteiger partial charge in [0, 0.05) is 128 Å². The molecule has 5 N–H and O–H groups in total. The summed E-state index contributed by atoms with van der Waals surface area (Å²) in [5.74, 6) is -4.03. The number of nitrogens with one attached hydrogen (secondary N) is 2. The van der Waals surface area contributed by atoms with E-state index in [0.717, 1.165) is 88.0 Å². The van der Waals surface area contributed by atoms with Crippen molar-refractivity contribution in [1.82, 2.24) is 54.9 Å². The van der Waals surface area contributed by atoms with E-state index in [1.165, 1.54) is 110 Å². The van der Waals surface area contributed by atoms with Crippen LogP contribution in [-0.2, 0) is 11.2 Å². The second-order valence-electron chi connectivity index (χ2n) is 28.0. The number of rotatable bonds is 14. The number of carbonyl (C=O) groups excluding carboxylic acids is 6. The minimum absolute atomic E-state index is 0. The molecule has 0 aliphatic heterocycles. The van der Waals surface area contributed by atoms with Gasteiger partial charge in [-0.15, -0.1) is 79.4 Å². The molecule has 48 heteroatoms. The second-order valence-corrected chi connectivity index (χ2v) is 37.2. The monoisotopic (exact) mass is 2260 g/mol. The largest absolute Gasteiger partial charge is 1.00 e. The second kappa shape index (κ2) is 68.5. The van der Waals surface area contributed by atoms with Crippen molar-refractivity contribution in [2.75, 3.05) is 62.1 Å². The zero-order chi connectivity index (χ0) is 102. The molecule has 0 saturated heterocycles. The molecule has 0 saturated carbocycles. The number of thiophene rings is 7. The summed E-state index contributed by atoms with van der Waals surface area (Å²) in [5.41, 5.74) is 11.3. The number of nitro groups is 2. The number of H-pyrrole nitrogens is 1. The first-order chi connectivity index (χ1) is 66.3. The topological polar surface area (TPSA) is 421 Å². The van der Waals surface area contributed by atoms with Crippen molar-refractivity contribution in [3.8, 4) is 28.7 Å². The van der Waals surface area contributed by atoms with Crippen LogP contribution in [0.5, 0.6) is 28.7 Å². The number of hydrogen-bond acceptors (Lipinski definition) is 31. The third-order valence-corrected chi connectivity index (χ3v) is 26.8. The Morgan fingerprint density at radius 2 is 0.858 bits per heavy atom. The number of hydrogen-bond donors (Lipinski definition) is 4. The number of halogens is 8. The number of carboxylic acid groups (broad SMARTS) is 1. The molecular formula is C100H105Cl5F3Li2N15O15S8.